The van der Waals surface area contributed by atoms with Crippen molar-refractivity contribution in [2.24, 2.45) is 5.73 Å². The molecule has 0 aromatic carbocycles. The number of ether oxygens (including phenoxy) is 2. The van der Waals surface area contributed by atoms with E-state index in [1.807, 2.05) is 20.0 Å². The molecule has 0 radical (unpaired) electrons. The molecule has 0 aromatic heterocycles. The number of rotatable bonds is 5. The van der Waals surface area contributed by atoms with Gasteiger partial charge in [-0.05, 0) is 52.7 Å². The number of likely N-dealkylation sites (tertiary alicyclic amines) is 2. The molecule has 5 unspecified atom stereocenters. The topological polar surface area (TPSA) is 92.1 Å². The largest absolute Gasteiger partial charge is 0.447 e. The van der Waals surface area contributed by atoms with Gasteiger partial charge in [0.15, 0.2) is 0 Å². The van der Waals surface area contributed by atoms with E-state index in [1.54, 1.807) is 4.90 Å². The lowest BCUT2D eigenvalue weighted by Crippen LogP contribution is -2.61. The lowest BCUT2D eigenvalue weighted by molar-refractivity contribution is -0.0572. The second-order valence-corrected chi connectivity index (χ2v) is 8.45. The molecule has 5 atom stereocenters. The molecule has 160 valence electrons. The Morgan fingerprint density at radius 2 is 2.14 bits per heavy atom. The Bertz CT molecular complexity index is 544. The molecule has 4 N–H and O–H groups in total. The summed E-state index contributed by atoms with van der Waals surface area (Å²) in [5.41, 5.74) is 6.34. The van der Waals surface area contributed by atoms with Crippen LogP contribution < -0.4 is 16.4 Å². The Hall–Kier alpha value is -1.35. The van der Waals surface area contributed by atoms with E-state index >= 15 is 0 Å². The molecule has 3 aliphatic rings. The Morgan fingerprint density at radius 3 is 2.82 bits per heavy atom. The summed E-state index contributed by atoms with van der Waals surface area (Å²) in [7, 11) is 0. The molecule has 2 fully saturated rings. The average molecular weight is 396 g/mol. The first-order valence-corrected chi connectivity index (χ1v) is 10.7. The molecule has 2 saturated heterocycles. The van der Waals surface area contributed by atoms with Gasteiger partial charge in [-0.1, -0.05) is 6.08 Å². The van der Waals surface area contributed by atoms with E-state index < -0.39 is 0 Å². The van der Waals surface area contributed by atoms with Gasteiger partial charge in [0.1, 0.15) is 6.29 Å². The zero-order chi connectivity index (χ0) is 20.1. The lowest BCUT2D eigenvalue weighted by Gasteiger charge is -2.44. The average Bonchev–Trinajstić information content (AvgIpc) is 2.67. The van der Waals surface area contributed by atoms with E-state index in [1.165, 1.54) is 0 Å². The maximum absolute atomic E-state index is 12.5. The first kappa shape index (κ1) is 21.4. The summed E-state index contributed by atoms with van der Waals surface area (Å²) in [6, 6.07) is 0.242. The van der Waals surface area contributed by atoms with Crippen molar-refractivity contribution in [2.75, 3.05) is 26.2 Å². The summed E-state index contributed by atoms with van der Waals surface area (Å²) in [5.74, 6) is 0. The Morgan fingerprint density at radius 1 is 1.32 bits per heavy atom. The third-order valence-corrected chi connectivity index (χ3v) is 5.92. The second-order valence-electron chi connectivity index (χ2n) is 8.45. The lowest BCUT2D eigenvalue weighted by atomic mass is 9.97. The predicted octanol–water partition coefficient (Wildman–Crippen LogP) is 1.18. The van der Waals surface area contributed by atoms with E-state index in [0.717, 1.165) is 38.8 Å². The van der Waals surface area contributed by atoms with Gasteiger partial charge in [0.05, 0.1) is 24.9 Å². The Labute approximate surface area is 168 Å². The van der Waals surface area contributed by atoms with Gasteiger partial charge in [0.25, 0.3) is 0 Å². The van der Waals surface area contributed by atoms with E-state index in [4.69, 9.17) is 15.2 Å². The van der Waals surface area contributed by atoms with E-state index in [9.17, 15) is 4.79 Å². The van der Waals surface area contributed by atoms with Gasteiger partial charge in [0.2, 0.25) is 0 Å². The van der Waals surface area contributed by atoms with Crippen LogP contribution in [0.3, 0.4) is 0 Å². The summed E-state index contributed by atoms with van der Waals surface area (Å²) >= 11 is 0. The van der Waals surface area contributed by atoms with Gasteiger partial charge in [0, 0.05) is 31.7 Å². The van der Waals surface area contributed by atoms with Crippen LogP contribution in [0.4, 0.5) is 4.79 Å². The third-order valence-electron chi connectivity index (χ3n) is 5.92. The quantitative estimate of drug-likeness (QED) is 0.644. The van der Waals surface area contributed by atoms with Crippen molar-refractivity contribution >= 4 is 6.09 Å². The minimum atomic E-state index is -0.274. The smallest absolute Gasteiger partial charge is 0.410 e. The molecule has 1 amide bonds. The SMILES string of the molecule is CC(C)OC(=O)N1CCCC(N)C1COC1CCN(C2NC=CCN2)C(C)C1. The monoisotopic (exact) mass is 395 g/mol. The fraction of sp³-hybridized carbons (Fsp3) is 0.850. The number of carbonyl (C=O) groups excluding carboxylic acids is 1. The summed E-state index contributed by atoms with van der Waals surface area (Å²) < 4.78 is 11.7. The van der Waals surface area contributed by atoms with Crippen molar-refractivity contribution in [3.8, 4) is 0 Å². The summed E-state index contributed by atoms with van der Waals surface area (Å²) in [5, 5.41) is 6.85. The zero-order valence-electron chi connectivity index (χ0n) is 17.5. The predicted molar refractivity (Wildman–Crippen MR) is 109 cm³/mol. The van der Waals surface area contributed by atoms with Gasteiger partial charge in [-0.3, -0.25) is 10.2 Å². The van der Waals surface area contributed by atoms with Crippen LogP contribution in [0.15, 0.2) is 12.3 Å². The normalized spacial score (nSPS) is 34.3. The minimum Gasteiger partial charge on any atom is -0.447 e. The van der Waals surface area contributed by atoms with Crippen LogP contribution >= 0.6 is 0 Å². The highest BCUT2D eigenvalue weighted by molar-refractivity contribution is 5.68. The van der Waals surface area contributed by atoms with Crippen molar-refractivity contribution in [1.29, 1.82) is 0 Å². The molecule has 8 heteroatoms. The van der Waals surface area contributed by atoms with E-state index in [2.05, 4.69) is 28.5 Å². The van der Waals surface area contributed by atoms with Crippen molar-refractivity contribution in [2.45, 2.75) is 83.1 Å². The van der Waals surface area contributed by atoms with Crippen LogP contribution in [-0.4, -0.2) is 78.8 Å². The molecule has 3 aliphatic heterocycles. The number of amides is 1. The molecule has 8 nitrogen and oxygen atoms in total. The zero-order valence-corrected chi connectivity index (χ0v) is 17.5. The fourth-order valence-electron chi connectivity index (χ4n) is 4.38. The minimum absolute atomic E-state index is 0.0617. The summed E-state index contributed by atoms with van der Waals surface area (Å²) in [6.07, 6.45) is 7.87. The number of nitrogens with zero attached hydrogens (tertiary/aromatic N) is 2. The fourth-order valence-corrected chi connectivity index (χ4v) is 4.38. The molecule has 3 rings (SSSR count). The van der Waals surface area contributed by atoms with E-state index in [-0.39, 0.29) is 36.7 Å². The van der Waals surface area contributed by atoms with Gasteiger partial charge in [-0.25, -0.2) is 4.79 Å². The second kappa shape index (κ2) is 9.91. The molecular weight excluding hydrogens is 358 g/mol. The van der Waals surface area contributed by atoms with Crippen LogP contribution in [-0.2, 0) is 9.47 Å². The van der Waals surface area contributed by atoms with Crippen LogP contribution in [0.25, 0.3) is 0 Å². The van der Waals surface area contributed by atoms with Crippen molar-refractivity contribution in [3.05, 3.63) is 12.3 Å². The van der Waals surface area contributed by atoms with Crippen LogP contribution in [0, 0.1) is 0 Å². The molecular formula is C20H37N5O3. The maximum atomic E-state index is 12.5. The molecule has 0 saturated carbocycles. The van der Waals surface area contributed by atoms with Crippen LogP contribution in [0.1, 0.15) is 46.5 Å². The molecule has 0 bridgehead atoms. The maximum Gasteiger partial charge on any atom is 0.410 e. The first-order chi connectivity index (χ1) is 13.5. The molecule has 3 heterocycles. The number of nitrogens with one attached hydrogen (secondary N) is 2. The number of piperidine rings is 2. The third kappa shape index (κ3) is 5.37. The molecule has 0 spiro atoms. The summed E-state index contributed by atoms with van der Waals surface area (Å²) in [4.78, 5) is 16.7. The first-order valence-electron chi connectivity index (χ1n) is 10.7. The van der Waals surface area contributed by atoms with Crippen LogP contribution in [0.2, 0.25) is 0 Å². The van der Waals surface area contributed by atoms with E-state index in [0.29, 0.717) is 19.2 Å². The number of nitrogens with two attached hydrogens (primary N) is 1. The Kier molecular flexibility index (Phi) is 7.56. The highest BCUT2D eigenvalue weighted by Crippen LogP contribution is 2.24. The van der Waals surface area contributed by atoms with Crippen LogP contribution in [0.5, 0.6) is 0 Å². The van der Waals surface area contributed by atoms with Crippen molar-refractivity contribution in [1.82, 2.24) is 20.4 Å². The molecule has 0 aliphatic carbocycles. The summed E-state index contributed by atoms with van der Waals surface area (Å²) in [6.45, 7) is 9.02. The highest BCUT2D eigenvalue weighted by Gasteiger charge is 2.36. The van der Waals surface area contributed by atoms with Gasteiger partial charge < -0.3 is 25.4 Å². The number of carbonyl (C=O) groups is 1. The van der Waals surface area contributed by atoms with Crippen molar-refractivity contribution in [3.63, 3.8) is 0 Å². The molecule has 28 heavy (non-hydrogen) atoms. The van der Waals surface area contributed by atoms with Gasteiger partial charge >= 0.3 is 6.09 Å². The Balaban J connectivity index is 1.50. The van der Waals surface area contributed by atoms with Gasteiger partial charge in [-0.2, -0.15) is 0 Å². The highest BCUT2D eigenvalue weighted by atomic mass is 16.6. The molecule has 0 aromatic rings. The van der Waals surface area contributed by atoms with Crippen molar-refractivity contribution < 1.29 is 14.3 Å². The number of hydrogen-bond donors (Lipinski definition) is 3. The number of hydrogen-bond acceptors (Lipinski definition) is 7. The standard InChI is InChI=1S/C20H37N5O3/c1-14(2)28-20(26)25-10-4-6-17(21)18(25)13-27-16-7-11-24(15(3)12-16)19-22-8-5-9-23-19/h5,8,14-19,22-23H,4,6-7,9-13,21H2,1-3H3. The van der Waals surface area contributed by atoms with Gasteiger partial charge in [-0.15, -0.1) is 0 Å².